The molecule has 0 saturated carbocycles. The van der Waals surface area contributed by atoms with E-state index in [1.165, 1.54) is 61.2 Å². The molecular weight excluding hydrogens is 835 g/mol. The molecule has 0 aliphatic rings. The summed E-state index contributed by atoms with van der Waals surface area (Å²) in [5, 5.41) is 4.89. The van der Waals surface area contributed by atoms with E-state index in [0.29, 0.717) is 0 Å². The molecule has 0 spiro atoms. The van der Waals surface area contributed by atoms with Gasteiger partial charge in [-0.05, 0) is 18.2 Å². The molecule has 0 radical (unpaired) electrons. The molecule has 0 amide bonds. The zero-order chi connectivity index (χ0) is 42.5. The van der Waals surface area contributed by atoms with Crippen LogP contribution in [0.25, 0.3) is 55.0 Å². The van der Waals surface area contributed by atoms with Gasteiger partial charge in [0.05, 0.1) is 5.52 Å². The van der Waals surface area contributed by atoms with Crippen molar-refractivity contribution in [1.29, 1.82) is 0 Å². The molecule has 0 saturated heterocycles. The summed E-state index contributed by atoms with van der Waals surface area (Å²) >= 11 is -3.57. The molecule has 64 heavy (non-hydrogen) atoms. The van der Waals surface area contributed by atoms with Crippen LogP contribution in [0.5, 0.6) is 0 Å². The summed E-state index contributed by atoms with van der Waals surface area (Å²) in [5.41, 5.74) is 10.4. The van der Waals surface area contributed by atoms with Gasteiger partial charge in [0.15, 0.2) is 0 Å². The monoisotopic (exact) mass is 879 g/mol. The minimum atomic E-state index is -3.57. The maximum absolute atomic E-state index is 3.57. The fourth-order valence-corrected chi connectivity index (χ4v) is 20.3. The number of nitrogens with zero attached hydrogens (tertiary/aromatic N) is 3. The third-order valence-electron chi connectivity index (χ3n) is 13.0. The van der Waals surface area contributed by atoms with Crippen LogP contribution in [0, 0.1) is 0 Å². The van der Waals surface area contributed by atoms with Crippen LogP contribution in [-0.2, 0) is 0 Å². The molecule has 0 bridgehead atoms. The molecule has 0 fully saturated rings. The number of anilines is 3. The molecule has 10 aromatic carbocycles. The first-order chi connectivity index (χ1) is 31.8. The van der Waals surface area contributed by atoms with Crippen molar-refractivity contribution in [3.63, 3.8) is 0 Å². The number of para-hydroxylation sites is 4. The molecule has 302 valence electrons. The predicted octanol–water partition coefficient (Wildman–Crippen LogP) is 12.7. The molecular formula is C60H43GeN3. The normalized spacial score (nSPS) is 11.8. The second-order valence-corrected chi connectivity index (χ2v) is 24.5. The SMILES string of the molecule is c1ccc(N(c2ccc3c(c2)c2ccccc2n3-c2ccccc2)c2ccc3c(c2)c2cc[c]([Ge]([c]4ccccc4)([c]4ccccc4)[c]4ccccc4)cc2n3-c2ccccc2)cc1. The van der Waals surface area contributed by atoms with E-state index in [4.69, 9.17) is 0 Å². The number of fused-ring (bicyclic) bond motifs is 6. The Balaban J connectivity index is 1.10. The zero-order valence-corrected chi connectivity index (χ0v) is 37.3. The topological polar surface area (TPSA) is 13.1 Å². The first-order valence-electron chi connectivity index (χ1n) is 22.0. The Morgan fingerprint density at radius 2 is 0.641 bits per heavy atom. The molecule has 2 heterocycles. The van der Waals surface area contributed by atoms with Crippen molar-refractivity contribution in [1.82, 2.24) is 9.13 Å². The van der Waals surface area contributed by atoms with Crippen molar-refractivity contribution in [3.8, 4) is 11.4 Å². The standard InChI is InChI=1S/C60H43GeN3/c1-7-21-44(22-8-1)61(45-23-9-2-10-24-45,46-25-11-3-12-26-46)47-35-38-54-56-43-52(37-40-59(56)64(60(54)41-47)50-31-17-6-18-32-50)62(48-27-13-4-14-28-48)51-36-39-58-55(42-51)53-33-19-20-34-57(53)63(58)49-29-15-5-16-30-49/h1-43H. The Morgan fingerprint density at radius 3 is 1.14 bits per heavy atom. The van der Waals surface area contributed by atoms with Gasteiger partial charge in [-0.25, -0.2) is 0 Å². The van der Waals surface area contributed by atoms with Crippen LogP contribution in [0.3, 0.4) is 0 Å². The molecule has 12 rings (SSSR count). The van der Waals surface area contributed by atoms with Crippen molar-refractivity contribution in [2.45, 2.75) is 0 Å². The Hall–Kier alpha value is -7.86. The summed E-state index contributed by atoms with van der Waals surface area (Å²) in [6.45, 7) is 0. The molecule has 2 aromatic heterocycles. The molecule has 0 aliphatic carbocycles. The van der Waals surface area contributed by atoms with Gasteiger partial charge in [0.25, 0.3) is 0 Å². The van der Waals surface area contributed by atoms with Gasteiger partial charge in [-0.3, -0.25) is 0 Å². The number of hydrogen-bond donors (Lipinski definition) is 0. The van der Waals surface area contributed by atoms with Crippen LogP contribution in [0.4, 0.5) is 17.1 Å². The summed E-state index contributed by atoms with van der Waals surface area (Å²) < 4.78 is 10.5. The van der Waals surface area contributed by atoms with Crippen LogP contribution in [0.2, 0.25) is 0 Å². The van der Waals surface area contributed by atoms with Gasteiger partial charge >= 0.3 is 307 Å². The van der Waals surface area contributed by atoms with E-state index in [-0.39, 0.29) is 0 Å². The van der Waals surface area contributed by atoms with Gasteiger partial charge in [0.1, 0.15) is 0 Å². The van der Waals surface area contributed by atoms with E-state index in [9.17, 15) is 0 Å². The van der Waals surface area contributed by atoms with Gasteiger partial charge in [0.2, 0.25) is 0 Å². The molecule has 0 atom stereocenters. The number of hydrogen-bond acceptors (Lipinski definition) is 1. The van der Waals surface area contributed by atoms with Crippen LogP contribution in [0.15, 0.2) is 261 Å². The van der Waals surface area contributed by atoms with E-state index in [1.807, 2.05) is 0 Å². The Labute approximate surface area is 375 Å². The Kier molecular flexibility index (Phi) is 9.35. The summed E-state index contributed by atoms with van der Waals surface area (Å²) in [5.74, 6) is 0. The zero-order valence-electron chi connectivity index (χ0n) is 35.2. The van der Waals surface area contributed by atoms with E-state index in [1.54, 1.807) is 0 Å². The minimum absolute atomic E-state index is 1.10. The summed E-state index contributed by atoms with van der Waals surface area (Å²) in [6.07, 6.45) is 0. The number of rotatable bonds is 9. The summed E-state index contributed by atoms with van der Waals surface area (Å²) in [6, 6.07) is 96.3. The maximum atomic E-state index is 2.53. The predicted molar refractivity (Wildman–Crippen MR) is 273 cm³/mol. The van der Waals surface area contributed by atoms with Gasteiger partial charge < -0.3 is 4.57 Å². The molecule has 0 N–H and O–H groups in total. The van der Waals surface area contributed by atoms with Crippen LogP contribution in [-0.4, -0.2) is 22.4 Å². The number of benzene rings is 10. The summed E-state index contributed by atoms with van der Waals surface area (Å²) in [4.78, 5) is 2.41. The fraction of sp³-hybridized carbons (Fsp3) is 0. The molecule has 0 aliphatic heterocycles. The van der Waals surface area contributed by atoms with Gasteiger partial charge in [-0.1, -0.05) is 36.4 Å². The first-order valence-corrected chi connectivity index (χ1v) is 26.2. The second kappa shape index (κ2) is 15.8. The molecule has 3 nitrogen and oxygen atoms in total. The van der Waals surface area contributed by atoms with Crippen molar-refractivity contribution in [2.75, 3.05) is 4.90 Å². The molecule has 0 unspecified atom stereocenters. The third-order valence-corrected chi connectivity index (χ3v) is 23.0. The van der Waals surface area contributed by atoms with Crippen LogP contribution in [0.1, 0.15) is 0 Å². The van der Waals surface area contributed by atoms with Crippen molar-refractivity contribution in [3.05, 3.63) is 261 Å². The van der Waals surface area contributed by atoms with Crippen molar-refractivity contribution >= 4 is 91.5 Å². The summed E-state index contributed by atoms with van der Waals surface area (Å²) in [7, 11) is 0. The third kappa shape index (κ3) is 6.11. The van der Waals surface area contributed by atoms with Crippen LogP contribution >= 0.6 is 0 Å². The van der Waals surface area contributed by atoms with Crippen molar-refractivity contribution in [2.24, 2.45) is 0 Å². The fourth-order valence-electron chi connectivity index (χ4n) is 10.3. The van der Waals surface area contributed by atoms with Crippen LogP contribution < -0.4 is 22.5 Å². The van der Waals surface area contributed by atoms with Crippen molar-refractivity contribution < 1.29 is 0 Å². The molecule has 12 aromatic rings. The van der Waals surface area contributed by atoms with E-state index in [0.717, 1.165) is 28.4 Å². The molecule has 4 heteroatoms. The van der Waals surface area contributed by atoms with Gasteiger partial charge in [-0.2, -0.15) is 0 Å². The van der Waals surface area contributed by atoms with E-state index < -0.39 is 13.3 Å². The van der Waals surface area contributed by atoms with E-state index in [2.05, 4.69) is 275 Å². The quantitative estimate of drug-likeness (QED) is 0.132. The average molecular weight is 879 g/mol. The first kappa shape index (κ1) is 37.9. The van der Waals surface area contributed by atoms with Gasteiger partial charge in [-0.15, -0.1) is 0 Å². The number of aromatic nitrogens is 2. The Morgan fingerprint density at radius 1 is 0.250 bits per heavy atom. The Bertz CT molecular complexity index is 3490. The van der Waals surface area contributed by atoms with E-state index >= 15 is 0 Å². The second-order valence-electron chi connectivity index (χ2n) is 16.5. The average Bonchev–Trinajstić information content (AvgIpc) is 3.88. The van der Waals surface area contributed by atoms with Gasteiger partial charge in [0, 0.05) is 5.69 Å².